The van der Waals surface area contributed by atoms with Crippen molar-refractivity contribution in [2.75, 3.05) is 7.11 Å². The summed E-state index contributed by atoms with van der Waals surface area (Å²) in [6.45, 7) is 1.36. The van der Waals surface area contributed by atoms with Gasteiger partial charge in [-0.3, -0.25) is 14.4 Å². The molecule has 0 heterocycles. The van der Waals surface area contributed by atoms with Gasteiger partial charge in [-0.25, -0.2) is 0 Å². The van der Waals surface area contributed by atoms with E-state index >= 15 is 0 Å². The molecule has 1 atom stereocenters. The number of methoxy groups -OCH3 is 1. The predicted molar refractivity (Wildman–Crippen MR) is 107 cm³/mol. The van der Waals surface area contributed by atoms with Crippen molar-refractivity contribution in [3.63, 3.8) is 0 Å². The Labute approximate surface area is 166 Å². The highest BCUT2D eigenvalue weighted by molar-refractivity contribution is 6.00. The third-order valence-corrected chi connectivity index (χ3v) is 4.75. The van der Waals surface area contributed by atoms with Gasteiger partial charge in [0.2, 0.25) is 0 Å². The zero-order valence-corrected chi connectivity index (χ0v) is 16.6. The van der Waals surface area contributed by atoms with Crippen LogP contribution in [0.5, 0.6) is 0 Å². The van der Waals surface area contributed by atoms with E-state index < -0.39 is 6.10 Å². The fraction of sp³-hybridized carbons (Fsp3) is 0.435. The molecular weight excluding hydrogens is 356 g/mol. The Morgan fingerprint density at radius 2 is 1.79 bits per heavy atom. The van der Waals surface area contributed by atoms with Gasteiger partial charge in [0.25, 0.3) is 0 Å². The number of esters is 2. The van der Waals surface area contributed by atoms with Crippen LogP contribution < -0.4 is 0 Å². The molecule has 0 fully saturated rings. The lowest BCUT2D eigenvalue weighted by Gasteiger charge is -2.12. The molecule has 150 valence electrons. The first-order valence-corrected chi connectivity index (χ1v) is 9.74. The molecule has 0 saturated carbocycles. The number of benzene rings is 1. The molecule has 0 bridgehead atoms. The van der Waals surface area contributed by atoms with Crippen LogP contribution in [0.25, 0.3) is 6.08 Å². The first kappa shape index (κ1) is 21.6. The quantitative estimate of drug-likeness (QED) is 0.441. The second kappa shape index (κ2) is 11.2. The highest BCUT2D eigenvalue weighted by Gasteiger charge is 2.32. The van der Waals surface area contributed by atoms with Gasteiger partial charge in [0, 0.05) is 18.9 Å². The van der Waals surface area contributed by atoms with E-state index in [4.69, 9.17) is 4.74 Å². The number of ether oxygens (including phenoxy) is 2. The second-order valence-electron chi connectivity index (χ2n) is 6.89. The lowest BCUT2D eigenvalue weighted by molar-refractivity contribution is -0.145. The van der Waals surface area contributed by atoms with Crippen LogP contribution in [0.3, 0.4) is 0 Å². The van der Waals surface area contributed by atoms with Crippen LogP contribution in [0.15, 0.2) is 47.6 Å². The van der Waals surface area contributed by atoms with Gasteiger partial charge in [-0.2, -0.15) is 0 Å². The Kier molecular flexibility index (Phi) is 8.66. The average Bonchev–Trinajstić information content (AvgIpc) is 2.97. The maximum atomic E-state index is 12.5. The third kappa shape index (κ3) is 6.80. The molecule has 1 aromatic rings. The van der Waals surface area contributed by atoms with E-state index in [-0.39, 0.29) is 24.1 Å². The lowest BCUT2D eigenvalue weighted by Crippen LogP contribution is -2.15. The average molecular weight is 384 g/mol. The molecule has 5 heteroatoms. The first-order chi connectivity index (χ1) is 13.5. The second-order valence-corrected chi connectivity index (χ2v) is 6.89. The van der Waals surface area contributed by atoms with E-state index in [0.29, 0.717) is 12.8 Å². The Morgan fingerprint density at radius 3 is 2.46 bits per heavy atom. The van der Waals surface area contributed by atoms with Gasteiger partial charge < -0.3 is 9.47 Å². The van der Waals surface area contributed by atoms with Crippen molar-refractivity contribution >= 4 is 23.8 Å². The molecule has 1 aliphatic rings. The summed E-state index contributed by atoms with van der Waals surface area (Å²) in [7, 11) is 1.39. The fourth-order valence-corrected chi connectivity index (χ4v) is 3.33. The molecule has 0 radical (unpaired) electrons. The zero-order chi connectivity index (χ0) is 20.4. The number of unbranched alkanes of at least 4 members (excludes halogenated alkanes) is 3. The van der Waals surface area contributed by atoms with Crippen molar-refractivity contribution in [2.24, 2.45) is 0 Å². The smallest absolute Gasteiger partial charge is 0.305 e. The normalized spacial score (nSPS) is 16.6. The van der Waals surface area contributed by atoms with Crippen LogP contribution in [-0.4, -0.2) is 30.9 Å². The molecule has 0 saturated heterocycles. The van der Waals surface area contributed by atoms with Crippen LogP contribution in [0.1, 0.15) is 57.4 Å². The number of hydrogen-bond donors (Lipinski definition) is 0. The highest BCUT2D eigenvalue weighted by Crippen LogP contribution is 2.31. The monoisotopic (exact) mass is 384 g/mol. The number of allylic oxidation sites excluding steroid dienone is 1. The number of hydrogen-bond acceptors (Lipinski definition) is 5. The number of ketones is 1. The lowest BCUT2D eigenvalue weighted by atomic mass is 10.0. The Bertz CT molecular complexity index is 746. The van der Waals surface area contributed by atoms with E-state index in [1.807, 2.05) is 42.5 Å². The van der Waals surface area contributed by atoms with Crippen molar-refractivity contribution in [3.8, 4) is 0 Å². The molecule has 0 aliphatic heterocycles. The Hall–Kier alpha value is -2.69. The summed E-state index contributed by atoms with van der Waals surface area (Å²) in [5.74, 6) is -0.521. The Balaban J connectivity index is 2.01. The molecule has 0 N–H and O–H groups in total. The topological polar surface area (TPSA) is 69.7 Å². The molecular formula is C23H28O5. The molecule has 0 amide bonds. The van der Waals surface area contributed by atoms with Crippen molar-refractivity contribution in [1.29, 1.82) is 0 Å². The Morgan fingerprint density at radius 1 is 1.07 bits per heavy atom. The van der Waals surface area contributed by atoms with E-state index in [2.05, 4.69) is 4.74 Å². The molecule has 1 unspecified atom stereocenters. The highest BCUT2D eigenvalue weighted by atomic mass is 16.5. The van der Waals surface area contributed by atoms with Crippen LogP contribution in [-0.2, 0) is 23.9 Å². The van der Waals surface area contributed by atoms with Gasteiger partial charge in [-0.05, 0) is 30.4 Å². The van der Waals surface area contributed by atoms with Crippen molar-refractivity contribution in [3.05, 3.63) is 53.1 Å². The van der Waals surface area contributed by atoms with E-state index in [1.165, 1.54) is 14.0 Å². The zero-order valence-electron chi connectivity index (χ0n) is 16.6. The van der Waals surface area contributed by atoms with Gasteiger partial charge in [-0.15, -0.1) is 0 Å². The minimum atomic E-state index is -0.501. The molecule has 2 rings (SSSR count). The van der Waals surface area contributed by atoms with Gasteiger partial charge in [-0.1, -0.05) is 55.3 Å². The summed E-state index contributed by atoms with van der Waals surface area (Å²) < 4.78 is 10.0. The van der Waals surface area contributed by atoms with Crippen LogP contribution >= 0.6 is 0 Å². The van der Waals surface area contributed by atoms with E-state index in [0.717, 1.165) is 42.4 Å². The summed E-state index contributed by atoms with van der Waals surface area (Å²) in [6.07, 6.45) is 8.14. The predicted octanol–water partition coefficient (Wildman–Crippen LogP) is 4.41. The van der Waals surface area contributed by atoms with E-state index in [9.17, 15) is 14.4 Å². The van der Waals surface area contributed by atoms with Gasteiger partial charge >= 0.3 is 11.9 Å². The molecule has 5 nitrogen and oxygen atoms in total. The molecule has 28 heavy (non-hydrogen) atoms. The standard InChI is InChI=1S/C23H28O5/c1-17(24)28-22-16-21(25)19(12-8-3-4-9-13-23(26)27-2)20(22)15-14-18-10-6-5-7-11-18/h5-7,10-11,14-15,22H,3-4,8-9,12-13,16H2,1-2H3. The SMILES string of the molecule is COC(=O)CCCCCCC1=C(C=Cc2ccccc2)C(OC(C)=O)CC1=O. The molecule has 0 spiro atoms. The fourth-order valence-electron chi connectivity index (χ4n) is 3.33. The number of rotatable bonds is 10. The van der Waals surface area contributed by atoms with E-state index in [1.54, 1.807) is 0 Å². The van der Waals surface area contributed by atoms with Crippen LogP contribution in [0.2, 0.25) is 0 Å². The maximum Gasteiger partial charge on any atom is 0.305 e. The minimum Gasteiger partial charge on any atom is -0.469 e. The van der Waals surface area contributed by atoms with Crippen molar-refractivity contribution in [1.82, 2.24) is 0 Å². The maximum absolute atomic E-state index is 12.5. The number of carbonyl (C=O) groups is 3. The van der Waals surface area contributed by atoms with Crippen molar-refractivity contribution in [2.45, 2.75) is 58.0 Å². The van der Waals surface area contributed by atoms with Gasteiger partial charge in [0.1, 0.15) is 6.10 Å². The summed E-state index contributed by atoms with van der Waals surface area (Å²) in [5, 5.41) is 0. The third-order valence-electron chi connectivity index (χ3n) is 4.75. The molecule has 1 aliphatic carbocycles. The largest absolute Gasteiger partial charge is 0.469 e. The van der Waals surface area contributed by atoms with Crippen molar-refractivity contribution < 1.29 is 23.9 Å². The summed E-state index contributed by atoms with van der Waals surface area (Å²) in [6, 6.07) is 9.81. The first-order valence-electron chi connectivity index (χ1n) is 9.74. The summed E-state index contributed by atoms with van der Waals surface area (Å²) in [5.41, 5.74) is 2.59. The molecule has 1 aromatic carbocycles. The number of carbonyl (C=O) groups excluding carboxylic acids is 3. The summed E-state index contributed by atoms with van der Waals surface area (Å²) >= 11 is 0. The van der Waals surface area contributed by atoms with Gasteiger partial charge in [0.15, 0.2) is 5.78 Å². The minimum absolute atomic E-state index is 0.0496. The summed E-state index contributed by atoms with van der Waals surface area (Å²) in [4.78, 5) is 35.0. The van der Waals surface area contributed by atoms with Crippen LogP contribution in [0.4, 0.5) is 0 Å². The van der Waals surface area contributed by atoms with Gasteiger partial charge in [0.05, 0.1) is 13.5 Å². The molecule has 0 aromatic heterocycles. The number of Topliss-reactive ketones (excluding diaryl/α,β-unsaturated/α-hetero) is 1. The van der Waals surface area contributed by atoms with Crippen LogP contribution in [0, 0.1) is 0 Å².